The molecule has 0 N–H and O–H groups in total. The van der Waals surface area contributed by atoms with E-state index in [1.54, 1.807) is 5.92 Å². The van der Waals surface area contributed by atoms with Crippen LogP contribution in [0.15, 0.2) is 73.0 Å². The fourth-order valence-electron chi connectivity index (χ4n) is 6.96. The standard InChI is InChI=1S/C29H28N2.Ni/c1-7-24-28(8-2,19(6)17(3)4)29(24)23-15-11-14-21-20-12-9-10-13-22(20)26-27(25(21)23)31(29)16-18(5)30-26;/h9-16H,3,6-8H2,1-2,4-5H3;. The molecule has 2 nitrogen and oxygen atoms in total. The zero-order valence-electron chi connectivity index (χ0n) is 19.2. The van der Waals surface area contributed by atoms with Crippen LogP contribution in [0, 0.1) is 18.3 Å². The van der Waals surface area contributed by atoms with Gasteiger partial charge in [0.2, 0.25) is 5.52 Å². The minimum Gasteiger partial charge on any atom is -0.240 e. The van der Waals surface area contributed by atoms with Crippen molar-refractivity contribution >= 4 is 32.6 Å². The zero-order chi connectivity index (χ0) is 21.7. The fourth-order valence-corrected chi connectivity index (χ4v) is 6.96. The van der Waals surface area contributed by atoms with Crippen LogP contribution < -0.4 is 4.57 Å². The van der Waals surface area contributed by atoms with Gasteiger partial charge in [0.25, 0.3) is 0 Å². The molecule has 1 saturated carbocycles. The summed E-state index contributed by atoms with van der Waals surface area (Å²) in [6.45, 7) is 17.7. The van der Waals surface area contributed by atoms with Crippen molar-refractivity contribution in [1.82, 2.24) is 4.98 Å². The first-order valence-corrected chi connectivity index (χ1v) is 11.3. The molecule has 2 atom stereocenters. The number of rotatable bonds is 4. The summed E-state index contributed by atoms with van der Waals surface area (Å²) in [4.78, 5) is 5.08. The first-order chi connectivity index (χ1) is 14.9. The van der Waals surface area contributed by atoms with Gasteiger partial charge in [0.15, 0.2) is 6.20 Å². The molecule has 3 heteroatoms. The van der Waals surface area contributed by atoms with Gasteiger partial charge >= 0.3 is 0 Å². The van der Waals surface area contributed by atoms with Crippen molar-refractivity contribution in [3.8, 4) is 0 Å². The molecule has 6 rings (SSSR count). The smallest absolute Gasteiger partial charge is 0.238 e. The third kappa shape index (κ3) is 2.07. The van der Waals surface area contributed by atoms with Crippen molar-refractivity contribution in [1.29, 1.82) is 0 Å². The van der Waals surface area contributed by atoms with Crippen molar-refractivity contribution < 1.29 is 21.1 Å². The summed E-state index contributed by atoms with van der Waals surface area (Å²) in [7, 11) is 0. The fraction of sp³-hybridized carbons (Fsp3) is 0.276. The number of aryl methyl sites for hydroxylation is 1. The second-order valence-corrected chi connectivity index (χ2v) is 9.28. The summed E-state index contributed by atoms with van der Waals surface area (Å²) in [5.74, 6) is 1.56. The molecule has 1 spiro atoms. The van der Waals surface area contributed by atoms with Gasteiger partial charge in [0.1, 0.15) is 11.2 Å². The molecular formula is C29H28N2Ni. The van der Waals surface area contributed by atoms with Crippen LogP contribution in [0.1, 0.15) is 44.9 Å². The molecule has 164 valence electrons. The molecule has 0 amide bonds. The Morgan fingerprint density at radius 3 is 2.38 bits per heavy atom. The van der Waals surface area contributed by atoms with Gasteiger partial charge in [0, 0.05) is 27.4 Å². The van der Waals surface area contributed by atoms with Crippen LogP contribution >= 0.6 is 0 Å². The molecule has 1 aliphatic carbocycles. The van der Waals surface area contributed by atoms with Crippen molar-refractivity contribution in [2.45, 2.75) is 46.1 Å². The first kappa shape index (κ1) is 21.3. The number of aromatic nitrogens is 2. The Balaban J connectivity index is 0.00000216. The molecule has 0 radical (unpaired) electrons. The monoisotopic (exact) mass is 462 g/mol. The average molecular weight is 463 g/mol. The number of allylic oxidation sites excluding steroid dienone is 2. The van der Waals surface area contributed by atoms with Gasteiger partial charge in [-0.05, 0) is 24.6 Å². The first-order valence-electron chi connectivity index (χ1n) is 11.3. The van der Waals surface area contributed by atoms with Gasteiger partial charge in [0.05, 0.1) is 10.9 Å². The van der Waals surface area contributed by atoms with Crippen LogP contribution in [0.4, 0.5) is 0 Å². The number of hydrogen-bond donors (Lipinski definition) is 0. The largest absolute Gasteiger partial charge is 0.240 e. The quantitative estimate of drug-likeness (QED) is 0.108. The average Bonchev–Trinajstić information content (AvgIpc) is 3.29. The van der Waals surface area contributed by atoms with E-state index in [-0.39, 0.29) is 27.4 Å². The molecule has 1 aromatic heterocycles. The topological polar surface area (TPSA) is 16.8 Å². The molecule has 32 heavy (non-hydrogen) atoms. The van der Waals surface area contributed by atoms with Crippen molar-refractivity contribution in [2.75, 3.05) is 0 Å². The van der Waals surface area contributed by atoms with Gasteiger partial charge in [-0.2, -0.15) is 6.42 Å². The summed E-state index contributed by atoms with van der Waals surface area (Å²) >= 11 is 0. The summed E-state index contributed by atoms with van der Waals surface area (Å²) in [6.07, 6.45) is 4.32. The maximum absolute atomic E-state index is 5.08. The molecule has 2 unspecified atom stereocenters. The predicted octanol–water partition coefficient (Wildman–Crippen LogP) is 6.72. The molecule has 0 saturated heterocycles. The predicted molar refractivity (Wildman–Crippen MR) is 129 cm³/mol. The molecule has 0 bridgehead atoms. The molecule has 1 aliphatic heterocycles. The van der Waals surface area contributed by atoms with E-state index in [9.17, 15) is 0 Å². The van der Waals surface area contributed by atoms with Gasteiger partial charge in [-0.25, -0.2) is 15.5 Å². The van der Waals surface area contributed by atoms with Crippen LogP contribution in [0.5, 0.6) is 0 Å². The number of benzene rings is 3. The van der Waals surface area contributed by atoms with Crippen LogP contribution in [0.2, 0.25) is 0 Å². The van der Waals surface area contributed by atoms with E-state index < -0.39 is 0 Å². The Morgan fingerprint density at radius 1 is 1.03 bits per heavy atom. The molecule has 2 aliphatic rings. The number of fused-ring (bicyclic) bond motifs is 5. The second kappa shape index (κ2) is 6.75. The van der Waals surface area contributed by atoms with Gasteiger partial charge < -0.3 is 0 Å². The van der Waals surface area contributed by atoms with Crippen LogP contribution in [0.3, 0.4) is 0 Å². The van der Waals surface area contributed by atoms with E-state index in [1.807, 2.05) is 0 Å². The molecule has 2 heterocycles. The van der Waals surface area contributed by atoms with E-state index in [0.29, 0.717) is 0 Å². The summed E-state index contributed by atoms with van der Waals surface area (Å²) in [6, 6.07) is 15.6. The number of hydrogen-bond acceptors (Lipinski definition) is 1. The summed E-state index contributed by atoms with van der Waals surface area (Å²) in [5.41, 5.74) is 6.81. The Kier molecular flexibility index (Phi) is 4.50. The normalized spacial score (nSPS) is 23.4. The Hall–Kier alpha value is -2.51. The van der Waals surface area contributed by atoms with Gasteiger partial charge in [-0.15, -0.1) is 0 Å². The maximum Gasteiger partial charge on any atom is 0.238 e. The molecular weight excluding hydrogens is 435 g/mol. The molecule has 4 aromatic rings. The van der Waals surface area contributed by atoms with Crippen molar-refractivity contribution in [3.05, 3.63) is 90.1 Å². The van der Waals surface area contributed by atoms with E-state index in [1.165, 1.54) is 38.2 Å². The number of nitrogens with zero attached hydrogens (tertiary/aromatic N) is 2. The molecule has 3 aromatic carbocycles. The third-order valence-electron chi connectivity index (χ3n) is 8.02. The van der Waals surface area contributed by atoms with E-state index in [2.05, 4.69) is 94.1 Å². The maximum atomic E-state index is 5.08. The second-order valence-electron chi connectivity index (χ2n) is 9.28. The van der Waals surface area contributed by atoms with Crippen LogP contribution in [-0.4, -0.2) is 4.98 Å². The minimum atomic E-state index is -0.197. The van der Waals surface area contributed by atoms with Gasteiger partial charge in [-0.3, -0.25) is 0 Å². The SMILES string of the molecule is C=C(C)C(=C)C1(CC)[C-](CC)C12c1cccc3c4ccccc4c4nc(C)c[n+]2c4c13.[Ni]. The van der Waals surface area contributed by atoms with E-state index in [4.69, 9.17) is 4.98 Å². The summed E-state index contributed by atoms with van der Waals surface area (Å²) in [5, 5.41) is 5.20. The Morgan fingerprint density at radius 2 is 1.72 bits per heavy atom. The van der Waals surface area contributed by atoms with Crippen LogP contribution in [0.25, 0.3) is 32.6 Å². The van der Waals surface area contributed by atoms with Gasteiger partial charge in [-0.1, -0.05) is 92.5 Å². The van der Waals surface area contributed by atoms with E-state index >= 15 is 0 Å². The third-order valence-corrected chi connectivity index (χ3v) is 8.02. The molecule has 1 fully saturated rings. The van der Waals surface area contributed by atoms with E-state index in [0.717, 1.165) is 29.6 Å². The zero-order valence-corrected chi connectivity index (χ0v) is 20.1. The minimum absolute atomic E-state index is 0. The van der Waals surface area contributed by atoms with Crippen molar-refractivity contribution in [2.24, 2.45) is 5.41 Å². The van der Waals surface area contributed by atoms with Crippen LogP contribution in [-0.2, 0) is 22.0 Å². The summed E-state index contributed by atoms with van der Waals surface area (Å²) < 4.78 is 2.56. The Bertz CT molecular complexity index is 1480. The van der Waals surface area contributed by atoms with Crippen molar-refractivity contribution in [3.63, 3.8) is 0 Å². The Labute approximate surface area is 200 Å².